The molecule has 0 saturated carbocycles. The maximum absolute atomic E-state index is 12.0. The average molecular weight is 401 g/mol. The summed E-state index contributed by atoms with van der Waals surface area (Å²) in [5.41, 5.74) is 1.78. The number of carbonyl (C=O) groups is 2. The molecular formula is C19H19N3O5S. The highest BCUT2D eigenvalue weighted by atomic mass is 32.2. The Kier molecular flexibility index (Phi) is 5.74. The van der Waals surface area contributed by atoms with E-state index in [2.05, 4.69) is 19.8 Å². The second kappa shape index (κ2) is 8.22. The van der Waals surface area contributed by atoms with Crippen LogP contribution < -0.4 is 10.0 Å². The molecule has 2 aromatic rings. The number of hydrogen-bond donors (Lipinski definition) is 2. The van der Waals surface area contributed by atoms with E-state index in [-0.39, 0.29) is 29.6 Å². The quantitative estimate of drug-likeness (QED) is 0.707. The summed E-state index contributed by atoms with van der Waals surface area (Å²) in [6.45, 7) is 0.464. The molecule has 0 spiro atoms. The van der Waals surface area contributed by atoms with Gasteiger partial charge in [0.1, 0.15) is 5.84 Å². The number of nitrogens with one attached hydrogen (secondary N) is 2. The number of hydrogen-bond acceptors (Lipinski definition) is 6. The highest BCUT2D eigenvalue weighted by Crippen LogP contribution is 2.22. The number of methoxy groups -OCH3 is 1. The molecule has 2 N–H and O–H groups in total. The lowest BCUT2D eigenvalue weighted by Gasteiger charge is -2.06. The molecule has 1 heterocycles. The van der Waals surface area contributed by atoms with E-state index in [0.717, 1.165) is 5.56 Å². The minimum absolute atomic E-state index is 0.119. The summed E-state index contributed by atoms with van der Waals surface area (Å²) in [5, 5.41) is 2.76. The number of amides is 1. The van der Waals surface area contributed by atoms with Crippen LogP contribution in [0, 0.1) is 0 Å². The Morgan fingerprint density at radius 3 is 2.54 bits per heavy atom. The molecule has 0 bridgehead atoms. The van der Waals surface area contributed by atoms with Gasteiger partial charge in [0.2, 0.25) is 5.91 Å². The summed E-state index contributed by atoms with van der Waals surface area (Å²) in [5.74, 6) is -0.379. The molecule has 9 heteroatoms. The van der Waals surface area contributed by atoms with Gasteiger partial charge in [0.25, 0.3) is 10.0 Å². The van der Waals surface area contributed by atoms with E-state index in [0.29, 0.717) is 17.7 Å². The standard InChI is InChI=1S/C19H19N3O5S/c1-27-19(24)14-8-6-13(7-9-14)12-21-17(23)10-11-20-18-15-4-2-3-5-16(15)28(25,26)22-18/h2-9H,10-12H2,1H3,(H,20,22)(H,21,23). The lowest BCUT2D eigenvalue weighted by atomic mass is 10.1. The first-order valence-corrected chi connectivity index (χ1v) is 9.99. The van der Waals surface area contributed by atoms with E-state index in [1.165, 1.54) is 13.2 Å². The third-order valence-electron chi connectivity index (χ3n) is 4.14. The smallest absolute Gasteiger partial charge is 0.337 e. The van der Waals surface area contributed by atoms with Crippen LogP contribution in [0.4, 0.5) is 0 Å². The van der Waals surface area contributed by atoms with Crippen LogP contribution in [0.1, 0.15) is 27.9 Å². The second-order valence-corrected chi connectivity index (χ2v) is 7.70. The predicted octanol–water partition coefficient (Wildman–Crippen LogP) is 1.22. The number of carbonyl (C=O) groups excluding carboxylic acids is 2. The van der Waals surface area contributed by atoms with Gasteiger partial charge in [0, 0.05) is 18.5 Å². The van der Waals surface area contributed by atoms with Crippen LogP contribution in [0.25, 0.3) is 0 Å². The summed E-state index contributed by atoms with van der Waals surface area (Å²) in [4.78, 5) is 27.8. The molecule has 0 aromatic heterocycles. The van der Waals surface area contributed by atoms with Crippen LogP contribution in [0.15, 0.2) is 58.4 Å². The number of esters is 1. The molecule has 0 unspecified atom stereocenters. The normalized spacial score (nSPS) is 15.5. The minimum Gasteiger partial charge on any atom is -0.465 e. The largest absolute Gasteiger partial charge is 0.465 e. The van der Waals surface area contributed by atoms with Gasteiger partial charge in [-0.1, -0.05) is 24.3 Å². The molecule has 1 aliphatic heterocycles. The zero-order valence-corrected chi connectivity index (χ0v) is 16.0. The first-order valence-electron chi connectivity index (χ1n) is 8.51. The third kappa shape index (κ3) is 4.37. The van der Waals surface area contributed by atoms with Gasteiger partial charge >= 0.3 is 5.97 Å². The van der Waals surface area contributed by atoms with Crippen molar-refractivity contribution in [2.24, 2.45) is 4.99 Å². The maximum atomic E-state index is 12.0. The summed E-state index contributed by atoms with van der Waals surface area (Å²) in [6, 6.07) is 13.3. The molecule has 0 aliphatic carbocycles. The summed E-state index contributed by atoms with van der Waals surface area (Å²) in [6.07, 6.45) is 0.119. The monoisotopic (exact) mass is 401 g/mol. The van der Waals surface area contributed by atoms with Crippen molar-refractivity contribution in [3.63, 3.8) is 0 Å². The summed E-state index contributed by atoms with van der Waals surface area (Å²) in [7, 11) is -2.26. The molecule has 1 amide bonds. The van der Waals surface area contributed by atoms with Gasteiger partial charge in [0.15, 0.2) is 0 Å². The first-order chi connectivity index (χ1) is 13.4. The Hall–Kier alpha value is -3.20. The summed E-state index contributed by atoms with van der Waals surface area (Å²) < 4.78 is 31.0. The average Bonchev–Trinajstić information content (AvgIpc) is 2.97. The number of rotatable bonds is 6. The zero-order chi connectivity index (χ0) is 20.1. The molecule has 146 valence electrons. The van der Waals surface area contributed by atoms with Gasteiger partial charge < -0.3 is 10.1 Å². The molecular weight excluding hydrogens is 382 g/mol. The number of benzene rings is 2. The molecule has 0 atom stereocenters. The Balaban J connectivity index is 1.52. The van der Waals surface area contributed by atoms with Gasteiger partial charge in [0.05, 0.1) is 24.1 Å². The topological polar surface area (TPSA) is 114 Å². The van der Waals surface area contributed by atoms with Crippen molar-refractivity contribution < 1.29 is 22.7 Å². The lowest BCUT2D eigenvalue weighted by Crippen LogP contribution is -2.25. The van der Waals surface area contributed by atoms with E-state index in [1.807, 2.05) is 0 Å². The molecule has 3 rings (SSSR count). The molecule has 28 heavy (non-hydrogen) atoms. The van der Waals surface area contributed by atoms with Gasteiger partial charge in [-0.2, -0.15) is 0 Å². The molecule has 0 fully saturated rings. The van der Waals surface area contributed by atoms with Crippen molar-refractivity contribution in [2.45, 2.75) is 17.9 Å². The lowest BCUT2D eigenvalue weighted by molar-refractivity contribution is -0.121. The van der Waals surface area contributed by atoms with Crippen molar-refractivity contribution in [2.75, 3.05) is 13.7 Å². The Morgan fingerprint density at radius 2 is 1.82 bits per heavy atom. The number of amidine groups is 1. The number of fused-ring (bicyclic) bond motifs is 1. The highest BCUT2D eigenvalue weighted by molar-refractivity contribution is 7.90. The van der Waals surface area contributed by atoms with E-state index < -0.39 is 16.0 Å². The van der Waals surface area contributed by atoms with Crippen LogP contribution in [-0.4, -0.2) is 39.8 Å². The highest BCUT2D eigenvalue weighted by Gasteiger charge is 2.29. The first kappa shape index (κ1) is 19.6. The van der Waals surface area contributed by atoms with E-state index in [4.69, 9.17) is 0 Å². The van der Waals surface area contributed by atoms with Gasteiger partial charge in [-0.05, 0) is 29.8 Å². The van der Waals surface area contributed by atoms with E-state index >= 15 is 0 Å². The van der Waals surface area contributed by atoms with Gasteiger partial charge in [-0.15, -0.1) is 0 Å². The van der Waals surface area contributed by atoms with E-state index in [9.17, 15) is 18.0 Å². The zero-order valence-electron chi connectivity index (χ0n) is 15.1. The molecule has 0 saturated heterocycles. The van der Waals surface area contributed by atoms with Crippen LogP contribution in [-0.2, 0) is 26.1 Å². The van der Waals surface area contributed by atoms with Crippen molar-refractivity contribution in [3.8, 4) is 0 Å². The van der Waals surface area contributed by atoms with Crippen LogP contribution >= 0.6 is 0 Å². The fraction of sp³-hybridized carbons (Fsp3) is 0.211. The third-order valence-corrected chi connectivity index (χ3v) is 5.53. The molecule has 8 nitrogen and oxygen atoms in total. The number of ether oxygens (including phenoxy) is 1. The van der Waals surface area contributed by atoms with Crippen LogP contribution in [0.2, 0.25) is 0 Å². The number of nitrogens with zero attached hydrogens (tertiary/aromatic N) is 1. The maximum Gasteiger partial charge on any atom is 0.337 e. The minimum atomic E-state index is -3.58. The van der Waals surface area contributed by atoms with Crippen molar-refractivity contribution in [1.29, 1.82) is 0 Å². The Bertz CT molecular complexity index is 1030. The predicted molar refractivity (Wildman–Crippen MR) is 102 cm³/mol. The van der Waals surface area contributed by atoms with Crippen molar-refractivity contribution in [3.05, 3.63) is 65.2 Å². The Labute approximate surface area is 162 Å². The fourth-order valence-corrected chi connectivity index (χ4v) is 3.94. The van der Waals surface area contributed by atoms with E-state index in [1.54, 1.807) is 42.5 Å². The number of aliphatic imine (C=N–C) groups is 1. The van der Waals surface area contributed by atoms with Crippen molar-refractivity contribution >= 4 is 27.7 Å². The van der Waals surface area contributed by atoms with Crippen LogP contribution in [0.5, 0.6) is 0 Å². The molecule has 0 radical (unpaired) electrons. The summed E-state index contributed by atoms with van der Waals surface area (Å²) >= 11 is 0. The molecule has 2 aromatic carbocycles. The van der Waals surface area contributed by atoms with Gasteiger partial charge in [-0.3, -0.25) is 14.5 Å². The fourth-order valence-electron chi connectivity index (χ4n) is 2.69. The number of sulfonamides is 1. The SMILES string of the molecule is COC(=O)c1ccc(CNC(=O)CCN=C2NS(=O)(=O)c3ccccc32)cc1. The van der Waals surface area contributed by atoms with Crippen LogP contribution in [0.3, 0.4) is 0 Å². The molecule has 1 aliphatic rings. The van der Waals surface area contributed by atoms with Gasteiger partial charge in [-0.25, -0.2) is 13.2 Å². The van der Waals surface area contributed by atoms with Crippen molar-refractivity contribution in [1.82, 2.24) is 10.0 Å². The Morgan fingerprint density at radius 1 is 1.11 bits per heavy atom. The second-order valence-electron chi connectivity index (χ2n) is 6.05.